The Bertz CT molecular complexity index is 147. The molecule has 0 atom stereocenters. The normalized spacial score (nSPS) is 16.8. The lowest BCUT2D eigenvalue weighted by Crippen LogP contribution is -1.99. The van der Waals surface area contributed by atoms with Gasteiger partial charge in [-0.25, -0.2) is 0 Å². The zero-order valence-corrected chi connectivity index (χ0v) is 5.52. The van der Waals surface area contributed by atoms with E-state index in [4.69, 9.17) is 4.74 Å². The van der Waals surface area contributed by atoms with Crippen molar-refractivity contribution in [2.75, 3.05) is 6.61 Å². The van der Waals surface area contributed by atoms with E-state index in [1.54, 1.807) is 0 Å². The van der Waals surface area contributed by atoms with Gasteiger partial charge in [0.15, 0.2) is 11.5 Å². The van der Waals surface area contributed by atoms with E-state index in [9.17, 15) is 4.79 Å². The molecule has 2 heteroatoms. The van der Waals surface area contributed by atoms with Crippen LogP contribution in [0.25, 0.3) is 0 Å². The minimum Gasteiger partial charge on any atom is -0.490 e. The van der Waals surface area contributed by atoms with Gasteiger partial charge >= 0.3 is 0 Å². The van der Waals surface area contributed by atoms with Crippen molar-refractivity contribution in [1.29, 1.82) is 0 Å². The van der Waals surface area contributed by atoms with Gasteiger partial charge in [0.25, 0.3) is 0 Å². The van der Waals surface area contributed by atoms with E-state index in [2.05, 4.69) is 0 Å². The van der Waals surface area contributed by atoms with E-state index in [1.165, 1.54) is 0 Å². The second-order valence-electron chi connectivity index (χ2n) is 1.98. The second kappa shape index (κ2) is 2.67. The number of hydrogen-bond donors (Lipinski definition) is 0. The lowest BCUT2D eigenvalue weighted by molar-refractivity contribution is -0.118. The van der Waals surface area contributed by atoms with Crippen molar-refractivity contribution in [2.24, 2.45) is 0 Å². The third kappa shape index (κ3) is 1.31. The summed E-state index contributed by atoms with van der Waals surface area (Å²) >= 11 is 0. The average molecular weight is 126 g/mol. The molecular formula is C7H10O2. The van der Waals surface area contributed by atoms with Crippen LogP contribution in [-0.4, -0.2) is 12.4 Å². The smallest absolute Gasteiger partial charge is 0.196 e. The van der Waals surface area contributed by atoms with Crippen LogP contribution in [0.4, 0.5) is 0 Å². The van der Waals surface area contributed by atoms with Gasteiger partial charge in [-0.3, -0.25) is 4.79 Å². The predicted molar refractivity (Wildman–Crippen MR) is 33.9 cm³/mol. The van der Waals surface area contributed by atoms with Crippen LogP contribution in [0.2, 0.25) is 0 Å². The van der Waals surface area contributed by atoms with Crippen LogP contribution in [0, 0.1) is 0 Å². The zero-order valence-electron chi connectivity index (χ0n) is 5.52. The van der Waals surface area contributed by atoms with E-state index in [0.29, 0.717) is 18.8 Å². The number of hydrogen-bond acceptors (Lipinski definition) is 2. The van der Waals surface area contributed by atoms with E-state index in [1.807, 2.05) is 13.0 Å². The van der Waals surface area contributed by atoms with Gasteiger partial charge < -0.3 is 4.74 Å². The molecule has 0 spiro atoms. The van der Waals surface area contributed by atoms with Gasteiger partial charge in [-0.1, -0.05) is 6.92 Å². The maximum absolute atomic E-state index is 10.8. The van der Waals surface area contributed by atoms with Gasteiger partial charge in [-0.05, 0) is 6.08 Å². The molecule has 0 amide bonds. The Balaban J connectivity index is 2.51. The highest BCUT2D eigenvalue weighted by Crippen LogP contribution is 2.10. The van der Waals surface area contributed by atoms with Crippen molar-refractivity contribution < 1.29 is 9.53 Å². The maximum Gasteiger partial charge on any atom is 0.196 e. The topological polar surface area (TPSA) is 26.3 Å². The van der Waals surface area contributed by atoms with Crippen molar-refractivity contribution in [1.82, 2.24) is 0 Å². The van der Waals surface area contributed by atoms with E-state index >= 15 is 0 Å². The third-order valence-electron chi connectivity index (χ3n) is 1.30. The highest BCUT2D eigenvalue weighted by Gasteiger charge is 2.11. The molecule has 0 bridgehead atoms. The highest BCUT2D eigenvalue weighted by atomic mass is 16.5. The predicted octanol–water partition coefficient (Wildman–Crippen LogP) is 1.27. The fourth-order valence-electron chi connectivity index (χ4n) is 0.786. The first-order chi connectivity index (χ1) is 4.34. The Morgan fingerprint density at radius 2 is 2.67 bits per heavy atom. The number of allylic oxidation sites excluding steroid dienone is 1. The first-order valence-corrected chi connectivity index (χ1v) is 3.20. The minimum atomic E-state index is 0.118. The average Bonchev–Trinajstić information content (AvgIpc) is 2.37. The van der Waals surface area contributed by atoms with E-state index in [0.717, 1.165) is 6.42 Å². The van der Waals surface area contributed by atoms with Crippen LogP contribution in [0.1, 0.15) is 19.8 Å². The molecule has 1 aliphatic heterocycles. The van der Waals surface area contributed by atoms with Gasteiger partial charge in [0.1, 0.15) is 0 Å². The molecule has 0 aromatic carbocycles. The molecular weight excluding hydrogens is 116 g/mol. The first-order valence-electron chi connectivity index (χ1n) is 3.20. The summed E-state index contributed by atoms with van der Waals surface area (Å²) in [5.74, 6) is 0.685. The van der Waals surface area contributed by atoms with Crippen molar-refractivity contribution in [3.63, 3.8) is 0 Å². The minimum absolute atomic E-state index is 0.118. The Morgan fingerprint density at radius 1 is 1.89 bits per heavy atom. The molecule has 0 N–H and O–H groups in total. The molecule has 0 aliphatic carbocycles. The molecule has 0 aromatic heterocycles. The first kappa shape index (κ1) is 6.33. The van der Waals surface area contributed by atoms with Crippen molar-refractivity contribution >= 4 is 5.78 Å². The molecule has 9 heavy (non-hydrogen) atoms. The summed E-state index contributed by atoms with van der Waals surface area (Å²) in [6.45, 7) is 2.52. The molecule has 0 saturated heterocycles. The second-order valence-corrected chi connectivity index (χ2v) is 1.98. The summed E-state index contributed by atoms with van der Waals surface area (Å²) in [5, 5.41) is 0. The van der Waals surface area contributed by atoms with E-state index < -0.39 is 0 Å². The quantitative estimate of drug-likeness (QED) is 0.557. The number of carbonyl (C=O) groups excluding carboxylic acids is 1. The van der Waals surface area contributed by atoms with Crippen LogP contribution in [-0.2, 0) is 9.53 Å². The Kier molecular flexibility index (Phi) is 1.88. The molecule has 0 fully saturated rings. The fraction of sp³-hybridized carbons (Fsp3) is 0.571. The van der Waals surface area contributed by atoms with E-state index in [-0.39, 0.29) is 5.78 Å². The monoisotopic (exact) mass is 126 g/mol. The molecule has 1 aliphatic rings. The largest absolute Gasteiger partial charge is 0.490 e. The molecule has 0 radical (unpaired) electrons. The summed E-state index contributed by atoms with van der Waals surface area (Å²) < 4.78 is 5.02. The third-order valence-corrected chi connectivity index (χ3v) is 1.30. The van der Waals surface area contributed by atoms with Gasteiger partial charge in [-0.15, -0.1) is 0 Å². The number of ketones is 1. The van der Waals surface area contributed by atoms with Gasteiger partial charge in [0.05, 0.1) is 6.61 Å². The summed E-state index contributed by atoms with van der Waals surface area (Å²) in [6, 6.07) is 0. The maximum atomic E-state index is 10.8. The van der Waals surface area contributed by atoms with Crippen LogP contribution < -0.4 is 0 Å². The van der Waals surface area contributed by atoms with Crippen LogP contribution in [0.3, 0.4) is 0 Å². The molecule has 0 unspecified atom stereocenters. The van der Waals surface area contributed by atoms with Gasteiger partial charge in [0, 0.05) is 12.8 Å². The molecule has 2 nitrogen and oxygen atoms in total. The Morgan fingerprint density at radius 3 is 3.11 bits per heavy atom. The standard InChI is InChI=1S/C7H10O2/c1-2-6(8)7-4-3-5-9-7/h4H,2-3,5H2,1H3. The lowest BCUT2D eigenvalue weighted by atomic mass is 10.2. The van der Waals surface area contributed by atoms with Crippen molar-refractivity contribution in [3.05, 3.63) is 11.8 Å². The highest BCUT2D eigenvalue weighted by molar-refractivity contribution is 5.93. The van der Waals surface area contributed by atoms with Gasteiger partial charge in [0.2, 0.25) is 0 Å². The molecule has 1 heterocycles. The van der Waals surface area contributed by atoms with Crippen LogP contribution >= 0.6 is 0 Å². The molecule has 1 rings (SSSR count). The van der Waals surface area contributed by atoms with Crippen LogP contribution in [0.15, 0.2) is 11.8 Å². The fourth-order valence-corrected chi connectivity index (χ4v) is 0.786. The van der Waals surface area contributed by atoms with Crippen molar-refractivity contribution in [3.8, 4) is 0 Å². The summed E-state index contributed by atoms with van der Waals surface area (Å²) in [5.41, 5.74) is 0. The van der Waals surface area contributed by atoms with Crippen molar-refractivity contribution in [2.45, 2.75) is 19.8 Å². The molecule has 0 saturated carbocycles. The Hall–Kier alpha value is -0.790. The molecule has 50 valence electrons. The summed E-state index contributed by atoms with van der Waals surface area (Å²) in [4.78, 5) is 10.8. The molecule has 0 aromatic rings. The number of Topliss-reactive ketones (excluding diaryl/α,β-unsaturated/α-hetero) is 1. The van der Waals surface area contributed by atoms with Crippen LogP contribution in [0.5, 0.6) is 0 Å². The summed E-state index contributed by atoms with van der Waals surface area (Å²) in [7, 11) is 0. The number of carbonyl (C=O) groups is 1. The lowest BCUT2D eigenvalue weighted by Gasteiger charge is -1.97. The SMILES string of the molecule is CCC(=O)C1=CCCO1. The summed E-state index contributed by atoms with van der Waals surface area (Å²) in [6.07, 6.45) is 3.29. The Labute approximate surface area is 54.5 Å². The number of ether oxygens (including phenoxy) is 1. The number of rotatable bonds is 2. The van der Waals surface area contributed by atoms with Gasteiger partial charge in [-0.2, -0.15) is 0 Å². The zero-order chi connectivity index (χ0) is 6.69.